The minimum absolute atomic E-state index is 0.390. The predicted molar refractivity (Wildman–Crippen MR) is 107 cm³/mol. The number of nitrogens with two attached hydrogens (primary N) is 1. The van der Waals surface area contributed by atoms with Gasteiger partial charge >= 0.3 is 0 Å². The van der Waals surface area contributed by atoms with Crippen LogP contribution >= 0.6 is 23.2 Å². The Hall–Kier alpha value is -2.27. The monoisotopic (exact) mass is 403 g/mol. The largest absolute Gasteiger partial charge is 0.493 e. The quantitative estimate of drug-likeness (QED) is 0.611. The fraction of sp³-hybridized carbons (Fsp3) is 0.190. The van der Waals surface area contributed by atoms with Crippen molar-refractivity contribution >= 4 is 23.2 Å². The van der Waals surface area contributed by atoms with E-state index in [4.69, 9.17) is 32.7 Å². The predicted octanol–water partition coefficient (Wildman–Crippen LogP) is 4.24. The van der Waals surface area contributed by atoms with Crippen LogP contribution in [-0.2, 0) is 19.7 Å². The SMILES string of the molecule is COc1cc(C[NH2+]Cc2ccncc2)cc(Cl)c1OCc1ccc(Cl)cc1. The van der Waals surface area contributed by atoms with Crippen molar-refractivity contribution in [2.75, 3.05) is 7.11 Å². The maximum absolute atomic E-state index is 6.45. The zero-order chi connectivity index (χ0) is 19.1. The summed E-state index contributed by atoms with van der Waals surface area (Å²) in [5, 5.41) is 3.44. The van der Waals surface area contributed by atoms with Crippen LogP contribution in [0.4, 0.5) is 0 Å². The van der Waals surface area contributed by atoms with Crippen molar-refractivity contribution in [3.05, 3.63) is 87.7 Å². The van der Waals surface area contributed by atoms with Gasteiger partial charge in [0.15, 0.2) is 11.5 Å². The van der Waals surface area contributed by atoms with Crippen LogP contribution in [0.1, 0.15) is 16.7 Å². The highest BCUT2D eigenvalue weighted by molar-refractivity contribution is 6.32. The van der Waals surface area contributed by atoms with Gasteiger partial charge in [0.2, 0.25) is 0 Å². The van der Waals surface area contributed by atoms with E-state index in [-0.39, 0.29) is 0 Å². The summed E-state index contributed by atoms with van der Waals surface area (Å²) in [4.78, 5) is 4.03. The highest BCUT2D eigenvalue weighted by Gasteiger charge is 2.13. The van der Waals surface area contributed by atoms with E-state index in [9.17, 15) is 0 Å². The first kappa shape index (κ1) is 19.5. The lowest BCUT2D eigenvalue weighted by atomic mass is 10.2. The van der Waals surface area contributed by atoms with Crippen LogP contribution in [0.15, 0.2) is 60.9 Å². The number of quaternary nitrogens is 1. The number of nitrogens with zero attached hydrogens (tertiary/aromatic N) is 1. The van der Waals surface area contributed by atoms with Gasteiger partial charge in [0.25, 0.3) is 0 Å². The molecule has 3 rings (SSSR count). The number of methoxy groups -OCH3 is 1. The van der Waals surface area contributed by atoms with Crippen molar-refractivity contribution in [1.82, 2.24) is 4.98 Å². The normalized spacial score (nSPS) is 10.6. The number of ether oxygens (including phenoxy) is 2. The molecule has 0 fully saturated rings. The van der Waals surface area contributed by atoms with Crippen LogP contribution in [0.25, 0.3) is 0 Å². The molecule has 0 atom stereocenters. The lowest BCUT2D eigenvalue weighted by Gasteiger charge is -2.14. The van der Waals surface area contributed by atoms with Crippen molar-refractivity contribution in [2.45, 2.75) is 19.7 Å². The van der Waals surface area contributed by atoms with E-state index in [0.29, 0.717) is 28.2 Å². The molecule has 0 bridgehead atoms. The molecule has 0 unspecified atom stereocenters. The molecule has 27 heavy (non-hydrogen) atoms. The second-order valence-electron chi connectivity index (χ2n) is 6.08. The number of hydrogen-bond acceptors (Lipinski definition) is 3. The van der Waals surface area contributed by atoms with Gasteiger partial charge in [-0.1, -0.05) is 35.3 Å². The average Bonchev–Trinajstić information content (AvgIpc) is 2.69. The first-order valence-electron chi connectivity index (χ1n) is 8.60. The third kappa shape index (κ3) is 5.60. The highest BCUT2D eigenvalue weighted by Crippen LogP contribution is 2.36. The van der Waals surface area contributed by atoms with Gasteiger partial charge in [-0.05, 0) is 42.0 Å². The molecule has 1 heterocycles. The minimum atomic E-state index is 0.390. The van der Waals surface area contributed by atoms with Gasteiger partial charge in [-0.25, -0.2) is 0 Å². The Labute approximate surface area is 169 Å². The van der Waals surface area contributed by atoms with Gasteiger partial charge in [0, 0.05) is 28.5 Å². The molecule has 2 N–H and O–H groups in total. The Morgan fingerprint density at radius 3 is 2.30 bits per heavy atom. The lowest BCUT2D eigenvalue weighted by Crippen LogP contribution is -2.80. The highest BCUT2D eigenvalue weighted by atomic mass is 35.5. The molecule has 0 aliphatic carbocycles. The van der Waals surface area contributed by atoms with E-state index in [1.807, 2.05) is 48.5 Å². The third-order valence-corrected chi connectivity index (χ3v) is 4.63. The van der Waals surface area contributed by atoms with E-state index in [1.54, 1.807) is 19.5 Å². The van der Waals surface area contributed by atoms with Crippen molar-refractivity contribution in [1.29, 1.82) is 0 Å². The van der Waals surface area contributed by atoms with Crippen LogP contribution in [-0.4, -0.2) is 12.1 Å². The van der Waals surface area contributed by atoms with Crippen molar-refractivity contribution in [2.24, 2.45) is 0 Å². The number of pyridine rings is 1. The maximum atomic E-state index is 6.45. The van der Waals surface area contributed by atoms with Crippen molar-refractivity contribution in [3.63, 3.8) is 0 Å². The van der Waals surface area contributed by atoms with Crippen LogP contribution in [0, 0.1) is 0 Å². The van der Waals surface area contributed by atoms with Gasteiger partial charge in [-0.3, -0.25) is 4.98 Å². The summed E-state index contributed by atoms with van der Waals surface area (Å²) in [6.07, 6.45) is 3.60. The summed E-state index contributed by atoms with van der Waals surface area (Å²) in [6, 6.07) is 15.4. The summed E-state index contributed by atoms with van der Waals surface area (Å²) >= 11 is 12.4. The molecule has 1 aromatic heterocycles. The van der Waals surface area contributed by atoms with E-state index < -0.39 is 0 Å². The average molecular weight is 404 g/mol. The molecule has 6 heteroatoms. The Balaban J connectivity index is 1.64. The van der Waals surface area contributed by atoms with Crippen molar-refractivity contribution in [3.8, 4) is 11.5 Å². The van der Waals surface area contributed by atoms with Crippen LogP contribution in [0.2, 0.25) is 10.0 Å². The minimum Gasteiger partial charge on any atom is -0.493 e. The number of rotatable bonds is 8. The van der Waals surface area contributed by atoms with Gasteiger partial charge < -0.3 is 14.8 Å². The molecule has 0 radical (unpaired) electrons. The Morgan fingerprint density at radius 2 is 1.59 bits per heavy atom. The second kappa shape index (κ2) is 9.60. The summed E-state index contributed by atoms with van der Waals surface area (Å²) in [5.74, 6) is 1.18. The van der Waals surface area contributed by atoms with E-state index in [0.717, 1.165) is 24.2 Å². The van der Waals surface area contributed by atoms with Crippen LogP contribution in [0.3, 0.4) is 0 Å². The molecule has 0 spiro atoms. The smallest absolute Gasteiger partial charge is 0.180 e. The van der Waals surface area contributed by atoms with E-state index in [1.165, 1.54) is 5.56 Å². The molecule has 2 aromatic carbocycles. The molecule has 140 valence electrons. The zero-order valence-corrected chi connectivity index (χ0v) is 16.5. The molecule has 4 nitrogen and oxygen atoms in total. The molecule has 0 amide bonds. The molecular formula is C21H21Cl2N2O2+. The maximum Gasteiger partial charge on any atom is 0.180 e. The van der Waals surface area contributed by atoms with Gasteiger partial charge in [0.05, 0.1) is 12.1 Å². The van der Waals surface area contributed by atoms with E-state index >= 15 is 0 Å². The van der Waals surface area contributed by atoms with Gasteiger partial charge in [-0.15, -0.1) is 0 Å². The zero-order valence-electron chi connectivity index (χ0n) is 15.0. The molecule has 0 saturated carbocycles. The number of aromatic nitrogens is 1. The number of benzene rings is 2. The third-order valence-electron chi connectivity index (χ3n) is 4.10. The van der Waals surface area contributed by atoms with Gasteiger partial charge in [-0.2, -0.15) is 0 Å². The number of halogens is 2. The molecule has 0 saturated heterocycles. The van der Waals surface area contributed by atoms with E-state index in [2.05, 4.69) is 10.3 Å². The fourth-order valence-electron chi connectivity index (χ4n) is 2.69. The Kier molecular flexibility index (Phi) is 6.93. The molecule has 0 aliphatic rings. The lowest BCUT2D eigenvalue weighted by molar-refractivity contribution is -0.686. The standard InChI is InChI=1S/C21H20Cl2N2O2/c1-26-20-11-17(13-25-12-15-6-8-24-9-7-15)10-19(23)21(20)27-14-16-2-4-18(22)5-3-16/h2-11,25H,12-14H2,1H3/p+1. The fourth-order valence-corrected chi connectivity index (χ4v) is 3.11. The van der Waals surface area contributed by atoms with Crippen LogP contribution < -0.4 is 14.8 Å². The topological polar surface area (TPSA) is 48.0 Å². The van der Waals surface area contributed by atoms with Crippen LogP contribution in [0.5, 0.6) is 11.5 Å². The number of hydrogen-bond donors (Lipinski definition) is 1. The second-order valence-corrected chi connectivity index (χ2v) is 6.92. The summed E-state index contributed by atoms with van der Waals surface area (Å²) < 4.78 is 11.4. The van der Waals surface area contributed by atoms with Crippen molar-refractivity contribution < 1.29 is 14.8 Å². The first-order valence-corrected chi connectivity index (χ1v) is 9.35. The molecular weight excluding hydrogens is 383 g/mol. The molecule has 3 aromatic rings. The summed E-state index contributed by atoms with van der Waals surface area (Å²) in [6.45, 7) is 2.05. The Morgan fingerprint density at radius 1 is 0.889 bits per heavy atom. The van der Waals surface area contributed by atoms with Gasteiger partial charge in [0.1, 0.15) is 19.7 Å². The Bertz CT molecular complexity index is 871. The summed E-state index contributed by atoms with van der Waals surface area (Å²) in [7, 11) is 1.62. The summed E-state index contributed by atoms with van der Waals surface area (Å²) in [5.41, 5.74) is 3.31. The first-order chi connectivity index (χ1) is 13.2. The molecule has 0 aliphatic heterocycles.